The summed E-state index contributed by atoms with van der Waals surface area (Å²) in [5, 5.41) is 3.98. The van der Waals surface area contributed by atoms with Crippen molar-refractivity contribution in [2.75, 3.05) is 34.4 Å². The lowest BCUT2D eigenvalue weighted by atomic mass is 10.2. The lowest BCUT2D eigenvalue weighted by molar-refractivity contribution is 0.204. The first-order valence-electron chi connectivity index (χ1n) is 9.09. The van der Waals surface area contributed by atoms with E-state index in [1.807, 2.05) is 36.2 Å². The molecule has 0 atom stereocenters. The second kappa shape index (κ2) is 11.2. The lowest BCUT2D eigenvalue weighted by Crippen LogP contribution is -2.38. The quantitative estimate of drug-likeness (QED) is 0.357. The van der Waals surface area contributed by atoms with Gasteiger partial charge in [0.25, 0.3) is 0 Å². The fourth-order valence-electron chi connectivity index (χ4n) is 2.70. The van der Waals surface area contributed by atoms with Crippen molar-refractivity contribution in [2.45, 2.75) is 18.0 Å². The molecular formula is C20H27ClN4O3S. The number of ether oxygens (including phenoxy) is 1. The van der Waals surface area contributed by atoms with E-state index in [4.69, 9.17) is 16.3 Å². The maximum Gasteiger partial charge on any atom is 0.240 e. The molecule has 0 aliphatic carbocycles. The molecule has 0 radical (unpaired) electrons. The third-order valence-corrected chi connectivity index (χ3v) is 5.88. The number of guanidine groups is 1. The first-order valence-corrected chi connectivity index (χ1v) is 11.0. The first-order chi connectivity index (χ1) is 13.9. The summed E-state index contributed by atoms with van der Waals surface area (Å²) in [6.45, 7) is 1.73. The summed E-state index contributed by atoms with van der Waals surface area (Å²) >= 11 is 6.05. The Morgan fingerprint density at radius 2 is 1.90 bits per heavy atom. The Kier molecular flexibility index (Phi) is 8.91. The highest BCUT2D eigenvalue weighted by molar-refractivity contribution is 7.89. The molecule has 9 heteroatoms. The van der Waals surface area contributed by atoms with E-state index in [-0.39, 0.29) is 11.4 Å². The maximum absolute atomic E-state index is 12.2. The van der Waals surface area contributed by atoms with E-state index in [1.54, 1.807) is 31.3 Å². The van der Waals surface area contributed by atoms with Crippen molar-refractivity contribution in [3.8, 4) is 0 Å². The van der Waals surface area contributed by atoms with Crippen molar-refractivity contribution in [3.05, 3.63) is 64.7 Å². The van der Waals surface area contributed by atoms with Gasteiger partial charge >= 0.3 is 0 Å². The van der Waals surface area contributed by atoms with Crippen LogP contribution in [0.4, 0.5) is 0 Å². The Hall–Kier alpha value is -2.13. The standard InChI is InChI=1S/C20H27ClN4O3S/c1-22-20(25(2)15-17-5-4-6-18(21)13-17)23-14-16-7-9-19(10-8-16)29(26,27)24-11-12-28-3/h4-10,13,24H,11-12,14-15H2,1-3H3,(H,22,23). The normalized spacial score (nSPS) is 12.1. The third kappa shape index (κ3) is 7.32. The average molecular weight is 439 g/mol. The van der Waals surface area contributed by atoms with Crippen LogP contribution in [0.3, 0.4) is 0 Å². The number of hydrogen-bond donors (Lipinski definition) is 2. The Balaban J connectivity index is 1.93. The van der Waals surface area contributed by atoms with Gasteiger partial charge in [-0.3, -0.25) is 4.99 Å². The number of methoxy groups -OCH3 is 1. The summed E-state index contributed by atoms with van der Waals surface area (Å²) in [6, 6.07) is 14.4. The van der Waals surface area contributed by atoms with Crippen molar-refractivity contribution in [3.63, 3.8) is 0 Å². The highest BCUT2D eigenvalue weighted by Gasteiger charge is 2.13. The molecule has 0 heterocycles. The Morgan fingerprint density at radius 1 is 1.17 bits per heavy atom. The zero-order valence-corrected chi connectivity index (χ0v) is 18.4. The number of rotatable bonds is 9. The van der Waals surface area contributed by atoms with Crippen LogP contribution in [0.5, 0.6) is 0 Å². The SMILES string of the molecule is CN=C(NCc1ccc(S(=O)(=O)NCCOC)cc1)N(C)Cc1cccc(Cl)c1. The average Bonchev–Trinajstić information content (AvgIpc) is 2.69. The summed E-state index contributed by atoms with van der Waals surface area (Å²) in [5.41, 5.74) is 2.02. The minimum absolute atomic E-state index is 0.222. The van der Waals surface area contributed by atoms with Crippen molar-refractivity contribution in [1.29, 1.82) is 0 Å². The largest absolute Gasteiger partial charge is 0.383 e. The van der Waals surface area contributed by atoms with Gasteiger partial charge in [-0.05, 0) is 35.4 Å². The minimum atomic E-state index is -3.53. The molecule has 2 aromatic carbocycles. The Labute approximate surface area is 177 Å². The molecule has 2 N–H and O–H groups in total. The van der Waals surface area contributed by atoms with E-state index in [0.717, 1.165) is 17.1 Å². The smallest absolute Gasteiger partial charge is 0.240 e. The van der Waals surface area contributed by atoms with Gasteiger partial charge in [0.1, 0.15) is 0 Å². The number of benzene rings is 2. The zero-order valence-electron chi connectivity index (χ0n) is 16.9. The summed E-state index contributed by atoms with van der Waals surface area (Å²) in [5.74, 6) is 0.725. The maximum atomic E-state index is 12.2. The monoisotopic (exact) mass is 438 g/mol. The van der Waals surface area contributed by atoms with Gasteiger partial charge in [-0.25, -0.2) is 13.1 Å². The highest BCUT2D eigenvalue weighted by Crippen LogP contribution is 2.13. The minimum Gasteiger partial charge on any atom is -0.383 e. The van der Waals surface area contributed by atoms with E-state index >= 15 is 0 Å². The molecule has 0 saturated carbocycles. The molecule has 0 fully saturated rings. The molecule has 0 aliphatic heterocycles. The number of nitrogens with one attached hydrogen (secondary N) is 2. The van der Waals surface area contributed by atoms with Gasteiger partial charge in [0.05, 0.1) is 11.5 Å². The molecule has 0 aliphatic rings. The third-order valence-electron chi connectivity index (χ3n) is 4.16. The van der Waals surface area contributed by atoms with Crippen LogP contribution < -0.4 is 10.0 Å². The summed E-state index contributed by atoms with van der Waals surface area (Å²) in [7, 11) is 1.66. The van der Waals surface area contributed by atoms with E-state index < -0.39 is 10.0 Å². The summed E-state index contributed by atoms with van der Waals surface area (Å²) < 4.78 is 31.8. The number of hydrogen-bond acceptors (Lipinski definition) is 4. The van der Waals surface area contributed by atoms with Gasteiger partial charge in [-0.2, -0.15) is 0 Å². The van der Waals surface area contributed by atoms with E-state index in [0.29, 0.717) is 24.7 Å². The molecule has 0 unspecified atom stereocenters. The van der Waals surface area contributed by atoms with Gasteiger partial charge in [-0.15, -0.1) is 0 Å². The molecule has 29 heavy (non-hydrogen) atoms. The molecule has 0 aromatic heterocycles. The van der Waals surface area contributed by atoms with Crippen LogP contribution in [-0.4, -0.2) is 53.6 Å². The molecular weight excluding hydrogens is 412 g/mol. The number of halogens is 1. The van der Waals surface area contributed by atoms with E-state index in [2.05, 4.69) is 15.0 Å². The fourth-order valence-corrected chi connectivity index (χ4v) is 3.92. The predicted molar refractivity (Wildman–Crippen MR) is 117 cm³/mol. The molecule has 0 spiro atoms. The van der Waals surface area contributed by atoms with Gasteiger partial charge in [0, 0.05) is 45.9 Å². The predicted octanol–water partition coefficient (Wildman–Crippen LogP) is 2.47. The topological polar surface area (TPSA) is 83.0 Å². The van der Waals surface area contributed by atoms with Gasteiger partial charge in [0.15, 0.2) is 5.96 Å². The second-order valence-corrected chi connectivity index (χ2v) is 8.62. The van der Waals surface area contributed by atoms with Crippen LogP contribution in [0.2, 0.25) is 5.02 Å². The highest BCUT2D eigenvalue weighted by atomic mass is 35.5. The van der Waals surface area contributed by atoms with Gasteiger partial charge in [0.2, 0.25) is 10.0 Å². The number of aliphatic imine (C=N–C) groups is 1. The fraction of sp³-hybridized carbons (Fsp3) is 0.350. The molecule has 2 aromatic rings. The van der Waals surface area contributed by atoms with Crippen molar-refractivity contribution >= 4 is 27.6 Å². The van der Waals surface area contributed by atoms with Crippen molar-refractivity contribution < 1.29 is 13.2 Å². The lowest BCUT2D eigenvalue weighted by Gasteiger charge is -2.22. The molecule has 0 amide bonds. The van der Waals surface area contributed by atoms with Gasteiger partial charge < -0.3 is 15.0 Å². The van der Waals surface area contributed by atoms with Crippen molar-refractivity contribution in [1.82, 2.24) is 14.9 Å². The van der Waals surface area contributed by atoms with Crippen LogP contribution in [0.25, 0.3) is 0 Å². The van der Waals surface area contributed by atoms with Crippen molar-refractivity contribution in [2.24, 2.45) is 4.99 Å². The van der Waals surface area contributed by atoms with Crippen LogP contribution in [0.15, 0.2) is 58.4 Å². The molecule has 7 nitrogen and oxygen atoms in total. The van der Waals surface area contributed by atoms with Gasteiger partial charge in [-0.1, -0.05) is 35.9 Å². The van der Waals surface area contributed by atoms with Crippen LogP contribution >= 0.6 is 11.6 Å². The molecule has 0 bridgehead atoms. The number of sulfonamides is 1. The molecule has 0 saturated heterocycles. The van der Waals surface area contributed by atoms with E-state index in [1.165, 1.54) is 7.11 Å². The van der Waals surface area contributed by atoms with Crippen LogP contribution in [0, 0.1) is 0 Å². The molecule has 2 rings (SSSR count). The Morgan fingerprint density at radius 3 is 2.52 bits per heavy atom. The summed E-state index contributed by atoms with van der Waals surface area (Å²) in [6.07, 6.45) is 0. The van der Waals surface area contributed by atoms with Crippen LogP contribution in [0.1, 0.15) is 11.1 Å². The summed E-state index contributed by atoms with van der Waals surface area (Å²) in [4.78, 5) is 6.51. The Bertz CT molecular complexity index is 918. The molecule has 158 valence electrons. The van der Waals surface area contributed by atoms with E-state index in [9.17, 15) is 8.42 Å². The number of nitrogens with zero attached hydrogens (tertiary/aromatic N) is 2. The zero-order chi connectivity index (χ0) is 21.3. The first kappa shape index (κ1) is 23.2. The van der Waals surface area contributed by atoms with Crippen LogP contribution in [-0.2, 0) is 27.8 Å². The second-order valence-electron chi connectivity index (χ2n) is 6.42.